The summed E-state index contributed by atoms with van der Waals surface area (Å²) in [5.74, 6) is 0.237. The van der Waals surface area contributed by atoms with E-state index < -0.39 is 9.84 Å². The zero-order valence-electron chi connectivity index (χ0n) is 12.8. The molecule has 2 atom stereocenters. The molecular formula is C15H19NO5S. The lowest BCUT2D eigenvalue weighted by Gasteiger charge is -2.18. The quantitative estimate of drug-likeness (QED) is 0.772. The molecule has 22 heavy (non-hydrogen) atoms. The van der Waals surface area contributed by atoms with Crippen molar-refractivity contribution in [1.29, 1.82) is 0 Å². The second kappa shape index (κ2) is 6.48. The van der Waals surface area contributed by atoms with Crippen molar-refractivity contribution in [1.82, 2.24) is 0 Å². The maximum Gasteiger partial charge on any atom is 0.302 e. The highest BCUT2D eigenvalue weighted by Crippen LogP contribution is 2.31. The monoisotopic (exact) mass is 325 g/mol. The van der Waals surface area contributed by atoms with Crippen molar-refractivity contribution in [3.8, 4) is 0 Å². The zero-order valence-corrected chi connectivity index (χ0v) is 13.6. The van der Waals surface area contributed by atoms with Gasteiger partial charge in [0.25, 0.3) is 0 Å². The first kappa shape index (κ1) is 16.5. The minimum atomic E-state index is -3.23. The molecule has 0 saturated carbocycles. The van der Waals surface area contributed by atoms with Crippen molar-refractivity contribution in [2.75, 3.05) is 12.9 Å². The summed E-state index contributed by atoms with van der Waals surface area (Å²) < 4.78 is 33.8. The third kappa shape index (κ3) is 3.85. The number of sulfone groups is 1. The maximum absolute atomic E-state index is 11.5. The molecule has 1 aromatic carbocycles. The fourth-order valence-corrected chi connectivity index (χ4v) is 2.84. The predicted octanol–water partition coefficient (Wildman–Crippen LogP) is 1.90. The molecular weight excluding hydrogens is 306 g/mol. The Morgan fingerprint density at radius 1 is 1.32 bits per heavy atom. The van der Waals surface area contributed by atoms with Gasteiger partial charge in [-0.2, -0.15) is 0 Å². The van der Waals surface area contributed by atoms with Crippen molar-refractivity contribution >= 4 is 21.7 Å². The molecule has 0 radical (unpaired) electrons. The number of rotatable bonds is 5. The summed E-state index contributed by atoms with van der Waals surface area (Å²) >= 11 is 0. The molecule has 2 rings (SSSR count). The second-order valence-electron chi connectivity index (χ2n) is 5.13. The summed E-state index contributed by atoms with van der Waals surface area (Å²) in [5.41, 5.74) is 0.803. The topological polar surface area (TPSA) is 82.0 Å². The fraction of sp³-hybridized carbons (Fsp3) is 0.467. The van der Waals surface area contributed by atoms with Gasteiger partial charge in [-0.25, -0.2) is 13.4 Å². The Kier molecular flexibility index (Phi) is 4.85. The van der Waals surface area contributed by atoms with Crippen LogP contribution < -0.4 is 0 Å². The van der Waals surface area contributed by atoms with Gasteiger partial charge < -0.3 is 9.47 Å². The Bertz CT molecular complexity index is 678. The summed E-state index contributed by atoms with van der Waals surface area (Å²) in [7, 11) is -3.23. The van der Waals surface area contributed by atoms with E-state index in [4.69, 9.17) is 9.47 Å². The first-order valence-corrected chi connectivity index (χ1v) is 8.87. The summed E-state index contributed by atoms with van der Waals surface area (Å²) in [6.07, 6.45) is 1.44. The Balaban J connectivity index is 2.20. The number of carbonyl (C=O) groups excluding carboxylic acids is 1. The Morgan fingerprint density at radius 3 is 2.45 bits per heavy atom. The minimum Gasteiger partial charge on any atom is -0.471 e. The lowest BCUT2D eigenvalue weighted by molar-refractivity contribution is -0.141. The van der Waals surface area contributed by atoms with Gasteiger partial charge in [-0.15, -0.1) is 0 Å². The molecule has 0 bridgehead atoms. The molecule has 0 amide bonds. The number of nitrogens with zero attached hydrogens (tertiary/aromatic N) is 1. The van der Waals surface area contributed by atoms with Crippen molar-refractivity contribution < 1.29 is 22.7 Å². The van der Waals surface area contributed by atoms with E-state index in [0.717, 1.165) is 11.8 Å². The smallest absolute Gasteiger partial charge is 0.302 e. The molecule has 0 spiro atoms. The average molecular weight is 325 g/mol. The van der Waals surface area contributed by atoms with Gasteiger partial charge in [0, 0.05) is 19.6 Å². The van der Waals surface area contributed by atoms with Crippen LogP contribution in [0.3, 0.4) is 0 Å². The Morgan fingerprint density at radius 2 is 1.95 bits per heavy atom. The standard InChI is InChI=1S/C15H19NO5S/c1-4-14-16-13(9-20-10(2)17)15(21-14)11-5-7-12(8-6-11)22(3,18)19/h5-8,13,15H,4,9H2,1-3H3. The van der Waals surface area contributed by atoms with Crippen molar-refractivity contribution in [3.05, 3.63) is 29.8 Å². The first-order chi connectivity index (χ1) is 10.3. The van der Waals surface area contributed by atoms with Gasteiger partial charge in [-0.05, 0) is 17.7 Å². The van der Waals surface area contributed by atoms with Gasteiger partial charge in [-0.3, -0.25) is 4.79 Å². The Hall–Kier alpha value is -1.89. The molecule has 7 heteroatoms. The van der Waals surface area contributed by atoms with E-state index in [2.05, 4.69) is 4.99 Å². The SMILES string of the molecule is CCC1=NC(COC(C)=O)C(c2ccc(S(C)(=O)=O)cc2)O1. The molecule has 1 heterocycles. The van der Waals surface area contributed by atoms with Gasteiger partial charge in [0.2, 0.25) is 0 Å². The molecule has 1 aliphatic rings. The van der Waals surface area contributed by atoms with Crippen LogP contribution in [0.5, 0.6) is 0 Å². The fourth-order valence-electron chi connectivity index (χ4n) is 2.21. The largest absolute Gasteiger partial charge is 0.471 e. The molecule has 120 valence electrons. The van der Waals surface area contributed by atoms with Crippen molar-refractivity contribution in [2.24, 2.45) is 4.99 Å². The van der Waals surface area contributed by atoms with Gasteiger partial charge in [0.1, 0.15) is 12.6 Å². The summed E-state index contributed by atoms with van der Waals surface area (Å²) in [6, 6.07) is 6.18. The van der Waals surface area contributed by atoms with E-state index in [0.29, 0.717) is 12.3 Å². The molecule has 0 aromatic heterocycles. The zero-order chi connectivity index (χ0) is 16.3. The highest BCUT2D eigenvalue weighted by molar-refractivity contribution is 7.90. The van der Waals surface area contributed by atoms with Gasteiger partial charge in [0.15, 0.2) is 21.8 Å². The molecule has 0 N–H and O–H groups in total. The molecule has 2 unspecified atom stereocenters. The van der Waals surface area contributed by atoms with Crippen LogP contribution >= 0.6 is 0 Å². The number of ether oxygens (including phenoxy) is 2. The van der Waals surface area contributed by atoms with E-state index in [1.807, 2.05) is 6.92 Å². The molecule has 6 nitrogen and oxygen atoms in total. The number of hydrogen-bond acceptors (Lipinski definition) is 6. The maximum atomic E-state index is 11.5. The highest BCUT2D eigenvalue weighted by atomic mass is 32.2. The van der Waals surface area contributed by atoms with Crippen LogP contribution in [0.15, 0.2) is 34.2 Å². The Labute approximate surface area is 130 Å². The van der Waals surface area contributed by atoms with Crippen LogP contribution in [0.25, 0.3) is 0 Å². The minimum absolute atomic E-state index is 0.136. The lowest BCUT2D eigenvalue weighted by atomic mass is 10.0. The molecule has 1 aromatic rings. The number of carbonyl (C=O) groups is 1. The molecule has 1 aliphatic heterocycles. The predicted molar refractivity (Wildman–Crippen MR) is 81.5 cm³/mol. The van der Waals surface area contributed by atoms with Crippen molar-refractivity contribution in [2.45, 2.75) is 37.3 Å². The van der Waals surface area contributed by atoms with Crippen LogP contribution in [-0.2, 0) is 24.1 Å². The van der Waals surface area contributed by atoms with Crippen molar-refractivity contribution in [3.63, 3.8) is 0 Å². The first-order valence-electron chi connectivity index (χ1n) is 6.98. The van der Waals surface area contributed by atoms with Crippen LogP contribution in [0, 0.1) is 0 Å². The summed E-state index contributed by atoms with van der Waals surface area (Å²) in [6.45, 7) is 3.41. The van der Waals surface area contributed by atoms with Crippen LogP contribution in [0.1, 0.15) is 31.9 Å². The number of esters is 1. The highest BCUT2D eigenvalue weighted by Gasteiger charge is 2.32. The third-order valence-corrected chi connectivity index (χ3v) is 4.45. The van der Waals surface area contributed by atoms with Crippen LogP contribution in [-0.4, -0.2) is 39.2 Å². The lowest BCUT2D eigenvalue weighted by Crippen LogP contribution is -2.21. The van der Waals surface area contributed by atoms with E-state index in [9.17, 15) is 13.2 Å². The van der Waals surface area contributed by atoms with E-state index in [1.54, 1.807) is 24.3 Å². The number of aliphatic imine (C=N–C) groups is 1. The van der Waals surface area contributed by atoms with E-state index in [-0.39, 0.29) is 29.6 Å². The van der Waals surface area contributed by atoms with Crippen LogP contribution in [0.2, 0.25) is 0 Å². The number of hydrogen-bond donors (Lipinski definition) is 0. The molecule has 0 fully saturated rings. The van der Waals surface area contributed by atoms with Gasteiger partial charge >= 0.3 is 5.97 Å². The third-order valence-electron chi connectivity index (χ3n) is 3.32. The average Bonchev–Trinajstić information content (AvgIpc) is 2.87. The van der Waals surface area contributed by atoms with E-state index >= 15 is 0 Å². The number of benzene rings is 1. The van der Waals surface area contributed by atoms with Crippen LogP contribution in [0.4, 0.5) is 0 Å². The normalized spacial score (nSPS) is 21.1. The second-order valence-corrected chi connectivity index (χ2v) is 7.14. The summed E-state index contributed by atoms with van der Waals surface area (Å²) in [4.78, 5) is 15.6. The molecule has 0 saturated heterocycles. The molecule has 0 aliphatic carbocycles. The summed E-state index contributed by atoms with van der Waals surface area (Å²) in [5, 5.41) is 0. The van der Waals surface area contributed by atoms with Gasteiger partial charge in [0.05, 0.1) is 4.90 Å². The van der Waals surface area contributed by atoms with Gasteiger partial charge in [-0.1, -0.05) is 19.1 Å². The van der Waals surface area contributed by atoms with E-state index in [1.165, 1.54) is 6.92 Å².